The first-order chi connectivity index (χ1) is 12.6. The highest BCUT2D eigenvalue weighted by Gasteiger charge is 2.37. The van der Waals surface area contributed by atoms with Crippen molar-refractivity contribution in [3.63, 3.8) is 0 Å². The van der Waals surface area contributed by atoms with E-state index in [1.807, 2.05) is 48.2 Å². The van der Waals surface area contributed by atoms with E-state index in [4.69, 9.17) is 4.74 Å². The minimum Gasteiger partial charge on any atom is -0.497 e. The molecule has 0 saturated heterocycles. The van der Waals surface area contributed by atoms with Crippen LogP contribution < -0.4 is 15.0 Å². The summed E-state index contributed by atoms with van der Waals surface area (Å²) < 4.78 is 5.14. The van der Waals surface area contributed by atoms with Crippen LogP contribution >= 0.6 is 0 Å². The molecule has 2 heterocycles. The molecule has 0 spiro atoms. The van der Waals surface area contributed by atoms with Crippen molar-refractivity contribution in [1.29, 1.82) is 0 Å². The van der Waals surface area contributed by atoms with Gasteiger partial charge >= 0.3 is 0 Å². The SMILES string of the molecule is COc1ccc(CC(=O)Nc2cc3c4c(c2)[C@H](C)C(=O)N4CCC3)cc1. The van der Waals surface area contributed by atoms with Gasteiger partial charge in [0.25, 0.3) is 0 Å². The molecule has 1 N–H and O–H groups in total. The summed E-state index contributed by atoms with van der Waals surface area (Å²) in [6, 6.07) is 11.5. The van der Waals surface area contributed by atoms with Gasteiger partial charge in [-0.15, -0.1) is 0 Å². The standard InChI is InChI=1S/C21H22N2O3/c1-13-18-12-16(11-15-4-3-9-23(20(15)18)21(13)25)22-19(24)10-14-5-7-17(26-2)8-6-14/h5-8,11-13H,3-4,9-10H2,1-2H3,(H,22,24)/t13-/m0/s1. The molecule has 5 heteroatoms. The van der Waals surface area contributed by atoms with Crippen LogP contribution in [0.4, 0.5) is 11.4 Å². The summed E-state index contributed by atoms with van der Waals surface area (Å²) in [4.78, 5) is 26.8. The number of amides is 2. The first-order valence-electron chi connectivity index (χ1n) is 8.98. The van der Waals surface area contributed by atoms with Gasteiger partial charge in [0.1, 0.15) is 5.75 Å². The molecule has 26 heavy (non-hydrogen) atoms. The average Bonchev–Trinajstić information content (AvgIpc) is 2.89. The molecule has 0 fully saturated rings. The number of rotatable bonds is 4. The Hall–Kier alpha value is -2.82. The van der Waals surface area contributed by atoms with E-state index >= 15 is 0 Å². The largest absolute Gasteiger partial charge is 0.497 e. The van der Waals surface area contributed by atoms with E-state index in [0.29, 0.717) is 6.42 Å². The van der Waals surface area contributed by atoms with E-state index in [2.05, 4.69) is 5.32 Å². The first kappa shape index (κ1) is 16.6. The van der Waals surface area contributed by atoms with Crippen LogP contribution in [0.5, 0.6) is 5.75 Å². The molecule has 0 saturated carbocycles. The fourth-order valence-corrected chi connectivity index (χ4v) is 3.90. The Morgan fingerprint density at radius 2 is 2.04 bits per heavy atom. The third-order valence-corrected chi connectivity index (χ3v) is 5.23. The Morgan fingerprint density at radius 1 is 1.27 bits per heavy atom. The van der Waals surface area contributed by atoms with Crippen molar-refractivity contribution in [1.82, 2.24) is 0 Å². The summed E-state index contributed by atoms with van der Waals surface area (Å²) in [5.41, 5.74) is 4.97. The summed E-state index contributed by atoms with van der Waals surface area (Å²) in [6.07, 6.45) is 2.21. The lowest BCUT2D eigenvalue weighted by atomic mass is 9.96. The van der Waals surface area contributed by atoms with E-state index in [1.165, 1.54) is 0 Å². The van der Waals surface area contributed by atoms with Gasteiger partial charge in [0.2, 0.25) is 11.8 Å². The van der Waals surface area contributed by atoms with Crippen LogP contribution in [-0.4, -0.2) is 25.5 Å². The topological polar surface area (TPSA) is 58.6 Å². The molecule has 4 rings (SSSR count). The monoisotopic (exact) mass is 350 g/mol. The molecule has 2 aliphatic rings. The van der Waals surface area contributed by atoms with Crippen LogP contribution in [-0.2, 0) is 22.4 Å². The van der Waals surface area contributed by atoms with Gasteiger partial charge in [0, 0.05) is 12.2 Å². The molecule has 2 aromatic rings. The van der Waals surface area contributed by atoms with E-state index in [-0.39, 0.29) is 17.7 Å². The third-order valence-electron chi connectivity index (χ3n) is 5.23. The maximum atomic E-state index is 12.4. The second-order valence-corrected chi connectivity index (χ2v) is 6.96. The number of methoxy groups -OCH3 is 1. The van der Waals surface area contributed by atoms with Crippen molar-refractivity contribution in [2.75, 3.05) is 23.9 Å². The number of ether oxygens (including phenoxy) is 1. The van der Waals surface area contributed by atoms with Gasteiger partial charge in [-0.1, -0.05) is 12.1 Å². The van der Waals surface area contributed by atoms with Gasteiger partial charge in [0.05, 0.1) is 25.1 Å². The highest BCUT2D eigenvalue weighted by molar-refractivity contribution is 6.06. The van der Waals surface area contributed by atoms with Crippen molar-refractivity contribution < 1.29 is 14.3 Å². The quantitative estimate of drug-likeness (QED) is 0.921. The maximum absolute atomic E-state index is 12.4. The van der Waals surface area contributed by atoms with Crippen LogP contribution in [0.3, 0.4) is 0 Å². The summed E-state index contributed by atoms with van der Waals surface area (Å²) in [5.74, 6) is 0.741. The highest BCUT2D eigenvalue weighted by atomic mass is 16.5. The molecular formula is C21H22N2O3. The van der Waals surface area contributed by atoms with Crippen molar-refractivity contribution in [3.8, 4) is 5.75 Å². The van der Waals surface area contributed by atoms with Gasteiger partial charge in [0.15, 0.2) is 0 Å². The van der Waals surface area contributed by atoms with Gasteiger partial charge in [-0.2, -0.15) is 0 Å². The van der Waals surface area contributed by atoms with E-state index < -0.39 is 0 Å². The Bertz CT molecular complexity index is 874. The lowest BCUT2D eigenvalue weighted by Crippen LogP contribution is -2.32. The van der Waals surface area contributed by atoms with Crippen molar-refractivity contribution >= 4 is 23.2 Å². The number of nitrogens with one attached hydrogen (secondary N) is 1. The minimum absolute atomic E-state index is 0.0630. The molecule has 0 unspecified atom stereocenters. The lowest BCUT2D eigenvalue weighted by Gasteiger charge is -2.26. The summed E-state index contributed by atoms with van der Waals surface area (Å²) in [5, 5.41) is 3.00. The van der Waals surface area contributed by atoms with Crippen molar-refractivity contribution in [2.24, 2.45) is 0 Å². The lowest BCUT2D eigenvalue weighted by molar-refractivity contribution is -0.119. The number of hydrogen-bond donors (Lipinski definition) is 1. The molecule has 0 radical (unpaired) electrons. The second-order valence-electron chi connectivity index (χ2n) is 6.96. The number of carbonyl (C=O) groups is 2. The second kappa shape index (κ2) is 6.48. The van der Waals surface area contributed by atoms with Gasteiger partial charge in [-0.3, -0.25) is 9.59 Å². The number of aryl methyl sites for hydroxylation is 1. The molecule has 0 aliphatic carbocycles. The first-order valence-corrected chi connectivity index (χ1v) is 8.98. The van der Waals surface area contributed by atoms with Crippen LogP contribution in [0.15, 0.2) is 36.4 Å². The molecule has 1 atom stereocenters. The number of carbonyl (C=O) groups excluding carboxylic acids is 2. The average molecular weight is 350 g/mol. The zero-order chi connectivity index (χ0) is 18.3. The highest BCUT2D eigenvalue weighted by Crippen LogP contribution is 2.44. The predicted octanol–water partition coefficient (Wildman–Crippen LogP) is 3.27. The molecule has 2 amide bonds. The van der Waals surface area contributed by atoms with Crippen LogP contribution in [0.2, 0.25) is 0 Å². The van der Waals surface area contributed by atoms with Crippen molar-refractivity contribution in [3.05, 3.63) is 53.1 Å². The summed E-state index contributed by atoms with van der Waals surface area (Å²) in [7, 11) is 1.62. The maximum Gasteiger partial charge on any atom is 0.234 e. The third kappa shape index (κ3) is 2.83. The number of anilines is 2. The van der Waals surface area contributed by atoms with E-state index in [9.17, 15) is 9.59 Å². The smallest absolute Gasteiger partial charge is 0.234 e. The normalized spacial score (nSPS) is 17.8. The number of nitrogens with zero attached hydrogens (tertiary/aromatic N) is 1. The van der Waals surface area contributed by atoms with Gasteiger partial charge < -0.3 is 15.0 Å². The fourth-order valence-electron chi connectivity index (χ4n) is 3.90. The zero-order valence-electron chi connectivity index (χ0n) is 15.0. The molecule has 134 valence electrons. The number of benzene rings is 2. The van der Waals surface area contributed by atoms with Crippen LogP contribution in [0.1, 0.15) is 36.0 Å². The molecular weight excluding hydrogens is 328 g/mol. The van der Waals surface area contributed by atoms with E-state index in [1.54, 1.807) is 7.11 Å². The summed E-state index contributed by atoms with van der Waals surface area (Å²) in [6.45, 7) is 2.74. The molecule has 0 aromatic heterocycles. The Kier molecular flexibility index (Phi) is 4.15. The van der Waals surface area contributed by atoms with Gasteiger partial charge in [-0.25, -0.2) is 0 Å². The Morgan fingerprint density at radius 3 is 2.77 bits per heavy atom. The predicted molar refractivity (Wildman–Crippen MR) is 101 cm³/mol. The molecule has 2 aromatic carbocycles. The van der Waals surface area contributed by atoms with Crippen LogP contribution in [0.25, 0.3) is 0 Å². The summed E-state index contributed by atoms with van der Waals surface area (Å²) >= 11 is 0. The molecule has 5 nitrogen and oxygen atoms in total. The van der Waals surface area contributed by atoms with E-state index in [0.717, 1.165) is 53.2 Å². The Labute approximate surface area is 153 Å². The fraction of sp³-hybridized carbons (Fsp3) is 0.333. The number of hydrogen-bond acceptors (Lipinski definition) is 3. The van der Waals surface area contributed by atoms with Crippen molar-refractivity contribution in [2.45, 2.75) is 32.1 Å². The van der Waals surface area contributed by atoms with Gasteiger partial charge in [-0.05, 0) is 60.7 Å². The zero-order valence-corrected chi connectivity index (χ0v) is 15.0. The Balaban J connectivity index is 1.54. The molecule has 2 aliphatic heterocycles. The van der Waals surface area contributed by atoms with Crippen LogP contribution in [0, 0.1) is 0 Å². The molecule has 0 bridgehead atoms. The minimum atomic E-state index is -0.139.